The first-order chi connectivity index (χ1) is 6.33. The van der Waals surface area contributed by atoms with Crippen molar-refractivity contribution < 1.29 is 9.84 Å². The zero-order chi connectivity index (χ0) is 9.52. The first-order valence-electron chi connectivity index (χ1n) is 5.66. The highest BCUT2D eigenvalue weighted by Crippen LogP contribution is 2.21. The van der Waals surface area contributed by atoms with Gasteiger partial charge in [-0.25, -0.2) is 0 Å². The van der Waals surface area contributed by atoms with Crippen molar-refractivity contribution in [3.05, 3.63) is 0 Å². The van der Waals surface area contributed by atoms with Crippen molar-refractivity contribution in [1.82, 2.24) is 0 Å². The molecule has 0 aliphatic carbocycles. The molecule has 0 aromatic rings. The van der Waals surface area contributed by atoms with Crippen LogP contribution in [0.25, 0.3) is 0 Å². The largest absolute Gasteiger partial charge is 0.368 e. The molecule has 2 atom stereocenters. The Kier molecular flexibility index (Phi) is 5.40. The molecule has 1 fully saturated rings. The fourth-order valence-electron chi connectivity index (χ4n) is 1.89. The summed E-state index contributed by atoms with van der Waals surface area (Å²) >= 11 is 0. The standard InChI is InChI=1S/C11H22O2/c1-2-3-4-5-7-10-8-6-9-11(12)13-10/h10-12H,2-9H2,1H3. The van der Waals surface area contributed by atoms with Gasteiger partial charge in [0.2, 0.25) is 0 Å². The maximum atomic E-state index is 9.26. The fourth-order valence-corrected chi connectivity index (χ4v) is 1.89. The van der Waals surface area contributed by atoms with Gasteiger partial charge in [0.1, 0.15) is 0 Å². The summed E-state index contributed by atoms with van der Waals surface area (Å²) in [6, 6.07) is 0. The summed E-state index contributed by atoms with van der Waals surface area (Å²) in [5.74, 6) is 0. The molecule has 13 heavy (non-hydrogen) atoms. The van der Waals surface area contributed by atoms with Gasteiger partial charge in [-0.2, -0.15) is 0 Å². The molecule has 0 spiro atoms. The fraction of sp³-hybridized carbons (Fsp3) is 1.00. The lowest BCUT2D eigenvalue weighted by Crippen LogP contribution is -2.27. The van der Waals surface area contributed by atoms with Gasteiger partial charge in [0, 0.05) is 0 Å². The van der Waals surface area contributed by atoms with Gasteiger partial charge in [-0.1, -0.05) is 32.6 Å². The predicted octanol–water partition coefficient (Wildman–Crippen LogP) is 2.84. The van der Waals surface area contributed by atoms with Crippen LogP contribution >= 0.6 is 0 Å². The third-order valence-electron chi connectivity index (χ3n) is 2.71. The number of hydrogen-bond donors (Lipinski definition) is 1. The highest BCUT2D eigenvalue weighted by molar-refractivity contribution is 4.65. The minimum atomic E-state index is -0.482. The van der Waals surface area contributed by atoms with Gasteiger partial charge in [0.15, 0.2) is 6.29 Å². The number of rotatable bonds is 5. The van der Waals surface area contributed by atoms with Crippen LogP contribution < -0.4 is 0 Å². The molecule has 2 heteroatoms. The molecular weight excluding hydrogens is 164 g/mol. The first kappa shape index (κ1) is 11.0. The molecule has 1 saturated heterocycles. The Morgan fingerprint density at radius 1 is 1.23 bits per heavy atom. The van der Waals surface area contributed by atoms with Crippen LogP contribution in [0.3, 0.4) is 0 Å². The second kappa shape index (κ2) is 6.39. The molecule has 1 aliphatic rings. The summed E-state index contributed by atoms with van der Waals surface area (Å²) in [6.45, 7) is 2.22. The van der Waals surface area contributed by atoms with E-state index in [0.29, 0.717) is 6.10 Å². The summed E-state index contributed by atoms with van der Waals surface area (Å²) in [7, 11) is 0. The van der Waals surface area contributed by atoms with E-state index in [2.05, 4.69) is 6.92 Å². The van der Waals surface area contributed by atoms with Crippen molar-refractivity contribution in [3.8, 4) is 0 Å². The van der Waals surface area contributed by atoms with E-state index in [9.17, 15) is 5.11 Å². The van der Waals surface area contributed by atoms with Crippen LogP contribution in [0.15, 0.2) is 0 Å². The lowest BCUT2D eigenvalue weighted by atomic mass is 10.0. The number of ether oxygens (including phenoxy) is 1. The van der Waals surface area contributed by atoms with Crippen LogP contribution in [-0.4, -0.2) is 17.5 Å². The smallest absolute Gasteiger partial charge is 0.154 e. The van der Waals surface area contributed by atoms with Crippen LogP contribution in [0.4, 0.5) is 0 Å². The van der Waals surface area contributed by atoms with Gasteiger partial charge >= 0.3 is 0 Å². The van der Waals surface area contributed by atoms with Crippen molar-refractivity contribution in [2.75, 3.05) is 0 Å². The molecular formula is C11H22O2. The van der Waals surface area contributed by atoms with E-state index >= 15 is 0 Å². The van der Waals surface area contributed by atoms with Gasteiger partial charge in [-0.3, -0.25) is 0 Å². The summed E-state index contributed by atoms with van der Waals surface area (Å²) in [6.07, 6.45) is 9.26. The number of unbranched alkanes of at least 4 members (excludes halogenated alkanes) is 3. The Morgan fingerprint density at radius 2 is 2.08 bits per heavy atom. The Labute approximate surface area is 81.3 Å². The molecule has 0 bridgehead atoms. The summed E-state index contributed by atoms with van der Waals surface area (Å²) in [4.78, 5) is 0. The van der Waals surface area contributed by atoms with E-state index < -0.39 is 6.29 Å². The first-order valence-corrected chi connectivity index (χ1v) is 5.66. The van der Waals surface area contributed by atoms with Crippen LogP contribution in [0.5, 0.6) is 0 Å². The van der Waals surface area contributed by atoms with Crippen LogP contribution in [0, 0.1) is 0 Å². The van der Waals surface area contributed by atoms with Gasteiger partial charge in [0.25, 0.3) is 0 Å². The Bertz CT molecular complexity index is 125. The molecule has 1 aliphatic heterocycles. The van der Waals surface area contributed by atoms with Crippen LogP contribution in [0.1, 0.15) is 58.3 Å². The lowest BCUT2D eigenvalue weighted by molar-refractivity contribution is -0.164. The van der Waals surface area contributed by atoms with Crippen molar-refractivity contribution in [2.45, 2.75) is 70.7 Å². The molecule has 1 N–H and O–H groups in total. The van der Waals surface area contributed by atoms with E-state index in [0.717, 1.165) is 25.7 Å². The molecule has 0 saturated carbocycles. The zero-order valence-electron chi connectivity index (χ0n) is 8.67. The third kappa shape index (κ3) is 4.63. The minimum absolute atomic E-state index is 0.334. The van der Waals surface area contributed by atoms with Gasteiger partial charge < -0.3 is 9.84 Å². The van der Waals surface area contributed by atoms with Gasteiger partial charge in [0.05, 0.1) is 6.10 Å². The highest BCUT2D eigenvalue weighted by Gasteiger charge is 2.19. The molecule has 2 nitrogen and oxygen atoms in total. The molecule has 1 heterocycles. The molecule has 1 rings (SSSR count). The molecule has 0 amide bonds. The van der Waals surface area contributed by atoms with E-state index in [1.54, 1.807) is 0 Å². The maximum Gasteiger partial charge on any atom is 0.154 e. The van der Waals surface area contributed by atoms with E-state index in [1.165, 1.54) is 25.7 Å². The quantitative estimate of drug-likeness (QED) is 0.669. The molecule has 0 radical (unpaired) electrons. The van der Waals surface area contributed by atoms with Crippen molar-refractivity contribution >= 4 is 0 Å². The highest BCUT2D eigenvalue weighted by atomic mass is 16.6. The van der Waals surface area contributed by atoms with Crippen molar-refractivity contribution in [1.29, 1.82) is 0 Å². The van der Waals surface area contributed by atoms with Gasteiger partial charge in [-0.15, -0.1) is 0 Å². The number of aliphatic hydroxyl groups excluding tert-OH is 1. The third-order valence-corrected chi connectivity index (χ3v) is 2.71. The molecule has 0 aromatic heterocycles. The summed E-state index contributed by atoms with van der Waals surface area (Å²) in [5, 5.41) is 9.26. The number of aliphatic hydroxyl groups is 1. The zero-order valence-corrected chi connectivity index (χ0v) is 8.67. The number of hydrogen-bond acceptors (Lipinski definition) is 2. The second-order valence-electron chi connectivity index (χ2n) is 3.99. The second-order valence-corrected chi connectivity index (χ2v) is 3.99. The molecule has 2 unspecified atom stereocenters. The molecule has 0 aromatic carbocycles. The Morgan fingerprint density at radius 3 is 2.77 bits per heavy atom. The SMILES string of the molecule is CCCCCCC1CCCC(O)O1. The average molecular weight is 186 g/mol. The van der Waals surface area contributed by atoms with E-state index in [4.69, 9.17) is 4.74 Å². The maximum absolute atomic E-state index is 9.26. The molecule has 78 valence electrons. The van der Waals surface area contributed by atoms with Crippen molar-refractivity contribution in [2.24, 2.45) is 0 Å². The van der Waals surface area contributed by atoms with Crippen LogP contribution in [0.2, 0.25) is 0 Å². The van der Waals surface area contributed by atoms with E-state index in [-0.39, 0.29) is 0 Å². The van der Waals surface area contributed by atoms with E-state index in [1.807, 2.05) is 0 Å². The topological polar surface area (TPSA) is 29.5 Å². The normalized spacial score (nSPS) is 29.1. The lowest BCUT2D eigenvalue weighted by Gasteiger charge is -2.26. The Hall–Kier alpha value is -0.0800. The van der Waals surface area contributed by atoms with Crippen molar-refractivity contribution in [3.63, 3.8) is 0 Å². The van der Waals surface area contributed by atoms with Gasteiger partial charge in [-0.05, 0) is 25.7 Å². The summed E-state index contributed by atoms with van der Waals surface area (Å²) < 4.78 is 5.42. The average Bonchev–Trinajstić information content (AvgIpc) is 2.13. The predicted molar refractivity (Wildman–Crippen MR) is 53.5 cm³/mol. The Balaban J connectivity index is 2.00. The summed E-state index contributed by atoms with van der Waals surface area (Å²) in [5.41, 5.74) is 0. The monoisotopic (exact) mass is 186 g/mol. The van der Waals surface area contributed by atoms with Crippen LogP contribution in [-0.2, 0) is 4.74 Å². The minimum Gasteiger partial charge on any atom is -0.368 e.